The number of carbonyl (C=O) groups excluding carboxylic acids is 3. The maximum absolute atomic E-state index is 13.2. The van der Waals surface area contributed by atoms with Gasteiger partial charge < -0.3 is 21.1 Å². The van der Waals surface area contributed by atoms with Crippen LogP contribution >= 0.6 is 0 Å². The molecule has 0 saturated carbocycles. The number of nitrogens with two attached hydrogens (primary N) is 1. The van der Waals surface area contributed by atoms with Crippen molar-refractivity contribution in [2.24, 2.45) is 5.73 Å². The van der Waals surface area contributed by atoms with Crippen molar-refractivity contribution in [3.05, 3.63) is 59.7 Å². The first-order valence-electron chi connectivity index (χ1n) is 11.6. The molecule has 3 amide bonds. The van der Waals surface area contributed by atoms with Gasteiger partial charge in [-0.15, -0.1) is 0 Å². The first-order valence-corrected chi connectivity index (χ1v) is 11.6. The van der Waals surface area contributed by atoms with E-state index >= 15 is 0 Å². The Labute approximate surface area is 206 Å². The number of primary amides is 1. The molecule has 35 heavy (non-hydrogen) atoms. The lowest BCUT2D eigenvalue weighted by Crippen LogP contribution is -2.62. The van der Waals surface area contributed by atoms with Crippen molar-refractivity contribution in [3.8, 4) is 17.2 Å². The third-order valence-electron chi connectivity index (χ3n) is 5.77. The maximum Gasteiger partial charge on any atom is 0.408 e. The van der Waals surface area contributed by atoms with Crippen LogP contribution in [0.1, 0.15) is 58.6 Å². The average molecular weight is 479 g/mol. The van der Waals surface area contributed by atoms with Crippen LogP contribution < -0.4 is 16.4 Å². The standard InChI is InChI=1S/C27H34N4O4/c1-6-27(7-2,31-25(34)35-26(3,4)5)24(33)30-22(23(29)32)16-18-8-12-20(13-9-18)21-14-10-19(17-28)11-15-21/h8-15,22H,6-7,16H2,1-5H3,(H2,29,32)(H,30,33)(H,31,34). The molecule has 2 aromatic carbocycles. The highest BCUT2D eigenvalue weighted by Gasteiger charge is 2.39. The molecule has 0 spiro atoms. The number of rotatable bonds is 9. The van der Waals surface area contributed by atoms with Crippen LogP contribution in [0, 0.1) is 11.3 Å². The molecule has 2 rings (SSSR count). The molecule has 4 N–H and O–H groups in total. The van der Waals surface area contributed by atoms with E-state index in [4.69, 9.17) is 15.7 Å². The fourth-order valence-electron chi connectivity index (χ4n) is 3.63. The number of nitrogens with one attached hydrogen (secondary N) is 2. The SMILES string of the molecule is CCC(CC)(NC(=O)OC(C)(C)C)C(=O)NC(Cc1ccc(-c2ccc(C#N)cc2)cc1)C(N)=O. The van der Waals surface area contributed by atoms with Gasteiger partial charge in [0.1, 0.15) is 17.2 Å². The van der Waals surface area contributed by atoms with Gasteiger partial charge in [-0.3, -0.25) is 9.59 Å². The molecule has 0 aliphatic rings. The molecule has 8 heteroatoms. The second kappa shape index (κ2) is 11.5. The first kappa shape index (κ1) is 27.4. The Morgan fingerprint density at radius 3 is 1.91 bits per heavy atom. The van der Waals surface area contributed by atoms with Crippen molar-refractivity contribution in [3.63, 3.8) is 0 Å². The summed E-state index contributed by atoms with van der Waals surface area (Å²) in [6.07, 6.45) is 0.106. The van der Waals surface area contributed by atoms with E-state index < -0.39 is 35.1 Å². The summed E-state index contributed by atoms with van der Waals surface area (Å²) in [4.78, 5) is 37.8. The second-order valence-electron chi connectivity index (χ2n) is 9.43. The minimum absolute atomic E-state index is 0.199. The van der Waals surface area contributed by atoms with E-state index in [1.54, 1.807) is 46.8 Å². The Morgan fingerprint density at radius 2 is 1.49 bits per heavy atom. The van der Waals surface area contributed by atoms with Crippen molar-refractivity contribution in [1.82, 2.24) is 10.6 Å². The van der Waals surface area contributed by atoms with E-state index in [1.807, 2.05) is 36.4 Å². The third kappa shape index (κ3) is 7.57. The van der Waals surface area contributed by atoms with Crippen LogP contribution in [0.25, 0.3) is 11.1 Å². The van der Waals surface area contributed by atoms with Gasteiger partial charge in [-0.05, 0) is 62.4 Å². The Bertz CT molecular complexity index is 1080. The predicted octanol–water partition coefficient (Wildman–Crippen LogP) is 3.82. The van der Waals surface area contributed by atoms with Gasteiger partial charge in [0.15, 0.2) is 0 Å². The van der Waals surface area contributed by atoms with Crippen LogP contribution in [0.2, 0.25) is 0 Å². The highest BCUT2D eigenvalue weighted by atomic mass is 16.6. The minimum Gasteiger partial charge on any atom is -0.444 e. The van der Waals surface area contributed by atoms with Gasteiger partial charge >= 0.3 is 6.09 Å². The zero-order chi connectivity index (χ0) is 26.2. The largest absolute Gasteiger partial charge is 0.444 e. The van der Waals surface area contributed by atoms with Crippen molar-refractivity contribution in [2.75, 3.05) is 0 Å². The lowest BCUT2D eigenvalue weighted by Gasteiger charge is -2.33. The molecule has 1 atom stereocenters. The number of nitriles is 1. The first-order chi connectivity index (χ1) is 16.4. The summed E-state index contributed by atoms with van der Waals surface area (Å²) < 4.78 is 5.32. The number of hydrogen-bond donors (Lipinski definition) is 3. The van der Waals surface area contributed by atoms with Gasteiger partial charge in [0.25, 0.3) is 0 Å². The van der Waals surface area contributed by atoms with E-state index in [-0.39, 0.29) is 6.42 Å². The van der Waals surface area contributed by atoms with Gasteiger partial charge in [-0.2, -0.15) is 5.26 Å². The average Bonchev–Trinajstić information content (AvgIpc) is 2.81. The summed E-state index contributed by atoms with van der Waals surface area (Å²) in [5.41, 5.74) is 6.95. The van der Waals surface area contributed by atoms with E-state index in [0.29, 0.717) is 18.4 Å². The summed E-state index contributed by atoms with van der Waals surface area (Å²) in [7, 11) is 0. The third-order valence-corrected chi connectivity index (χ3v) is 5.77. The van der Waals surface area contributed by atoms with Gasteiger partial charge in [0, 0.05) is 6.42 Å². The molecule has 2 aromatic rings. The van der Waals surface area contributed by atoms with Crippen LogP contribution in [0.4, 0.5) is 4.79 Å². The molecule has 0 bridgehead atoms. The van der Waals surface area contributed by atoms with Crippen LogP contribution in [-0.2, 0) is 20.7 Å². The van der Waals surface area contributed by atoms with Crippen LogP contribution in [0.3, 0.4) is 0 Å². The van der Waals surface area contributed by atoms with Crippen molar-refractivity contribution in [1.29, 1.82) is 5.26 Å². The Balaban J connectivity index is 2.15. The Morgan fingerprint density at radius 1 is 0.971 bits per heavy atom. The molecule has 0 heterocycles. The number of amides is 3. The van der Waals surface area contributed by atoms with Gasteiger partial charge in [-0.25, -0.2) is 4.79 Å². The monoisotopic (exact) mass is 478 g/mol. The zero-order valence-electron chi connectivity index (χ0n) is 21.0. The molecule has 0 aromatic heterocycles. The lowest BCUT2D eigenvalue weighted by molar-refractivity contribution is -0.132. The fourth-order valence-corrected chi connectivity index (χ4v) is 3.63. The summed E-state index contributed by atoms with van der Waals surface area (Å²) in [5, 5.41) is 14.4. The summed E-state index contributed by atoms with van der Waals surface area (Å²) in [6, 6.07) is 15.9. The molecule has 186 valence electrons. The lowest BCUT2D eigenvalue weighted by atomic mass is 9.91. The highest BCUT2D eigenvalue weighted by molar-refractivity contribution is 5.93. The maximum atomic E-state index is 13.2. The summed E-state index contributed by atoms with van der Waals surface area (Å²) in [5.74, 6) is -1.17. The summed E-state index contributed by atoms with van der Waals surface area (Å²) >= 11 is 0. The van der Waals surface area contributed by atoms with E-state index in [0.717, 1.165) is 16.7 Å². The minimum atomic E-state index is -1.24. The smallest absolute Gasteiger partial charge is 0.408 e. The molecular weight excluding hydrogens is 444 g/mol. The van der Waals surface area contributed by atoms with Crippen molar-refractivity contribution in [2.45, 2.75) is 71.1 Å². The summed E-state index contributed by atoms with van der Waals surface area (Å²) in [6.45, 7) is 8.77. The molecule has 0 aliphatic heterocycles. The topological polar surface area (TPSA) is 134 Å². The molecule has 0 aliphatic carbocycles. The van der Waals surface area contributed by atoms with E-state index in [1.165, 1.54) is 0 Å². The Hall–Kier alpha value is -3.86. The predicted molar refractivity (Wildman–Crippen MR) is 134 cm³/mol. The molecule has 8 nitrogen and oxygen atoms in total. The van der Waals surface area contributed by atoms with Gasteiger partial charge in [-0.1, -0.05) is 50.2 Å². The number of carbonyl (C=O) groups is 3. The molecule has 0 fully saturated rings. The number of alkyl carbamates (subject to hydrolysis) is 1. The van der Waals surface area contributed by atoms with Gasteiger partial charge in [0.05, 0.1) is 11.6 Å². The second-order valence-corrected chi connectivity index (χ2v) is 9.43. The Kier molecular flexibility index (Phi) is 9.01. The molecule has 0 radical (unpaired) electrons. The quantitative estimate of drug-likeness (QED) is 0.504. The van der Waals surface area contributed by atoms with Crippen LogP contribution in [0.5, 0.6) is 0 Å². The molecule has 0 saturated heterocycles. The number of benzene rings is 2. The number of hydrogen-bond acceptors (Lipinski definition) is 5. The number of nitrogens with zero attached hydrogens (tertiary/aromatic N) is 1. The van der Waals surface area contributed by atoms with Gasteiger partial charge in [0.2, 0.25) is 11.8 Å². The van der Waals surface area contributed by atoms with Crippen molar-refractivity contribution < 1.29 is 19.1 Å². The highest BCUT2D eigenvalue weighted by Crippen LogP contribution is 2.22. The van der Waals surface area contributed by atoms with Crippen LogP contribution in [-0.4, -0.2) is 35.1 Å². The number of ether oxygens (including phenoxy) is 1. The zero-order valence-corrected chi connectivity index (χ0v) is 21.0. The normalized spacial score (nSPS) is 12.2. The van der Waals surface area contributed by atoms with E-state index in [2.05, 4.69) is 16.7 Å². The van der Waals surface area contributed by atoms with Crippen molar-refractivity contribution >= 4 is 17.9 Å². The molecule has 1 unspecified atom stereocenters. The van der Waals surface area contributed by atoms with E-state index in [9.17, 15) is 14.4 Å². The molecular formula is C27H34N4O4. The fraction of sp³-hybridized carbons (Fsp3) is 0.407. The van der Waals surface area contributed by atoms with Crippen LogP contribution in [0.15, 0.2) is 48.5 Å².